The van der Waals surface area contributed by atoms with Gasteiger partial charge in [0, 0.05) is 23.5 Å². The highest BCUT2D eigenvalue weighted by atomic mass is 35.5. The van der Waals surface area contributed by atoms with Crippen LogP contribution in [0.5, 0.6) is 0 Å². The van der Waals surface area contributed by atoms with Crippen molar-refractivity contribution in [2.75, 3.05) is 23.7 Å². The van der Waals surface area contributed by atoms with Gasteiger partial charge in [-0.25, -0.2) is 0 Å². The first-order valence-electron chi connectivity index (χ1n) is 8.85. The molecule has 0 aliphatic carbocycles. The molecule has 1 fully saturated rings. The summed E-state index contributed by atoms with van der Waals surface area (Å²) in [5.74, 6) is -0.803. The number of amides is 2. The quantitative estimate of drug-likeness (QED) is 0.683. The van der Waals surface area contributed by atoms with E-state index in [1.54, 1.807) is 19.1 Å². The molecule has 1 aliphatic heterocycles. The molecule has 1 saturated heterocycles. The van der Waals surface area contributed by atoms with Crippen molar-refractivity contribution in [3.63, 3.8) is 0 Å². The molecule has 2 aromatic rings. The minimum absolute atomic E-state index is 0. The third-order valence-corrected chi connectivity index (χ3v) is 4.64. The Morgan fingerprint density at radius 1 is 1.10 bits per heavy atom. The Balaban J connectivity index is 0.00000300. The Labute approximate surface area is 172 Å². The molecule has 156 valence electrons. The maximum absolute atomic E-state index is 12.8. The van der Waals surface area contributed by atoms with Gasteiger partial charge in [0.15, 0.2) is 0 Å². The van der Waals surface area contributed by atoms with Crippen molar-refractivity contribution >= 4 is 35.6 Å². The van der Waals surface area contributed by atoms with Crippen LogP contribution in [-0.2, 0) is 11.0 Å². The van der Waals surface area contributed by atoms with Gasteiger partial charge in [-0.05, 0) is 55.8 Å². The third-order valence-electron chi connectivity index (χ3n) is 4.64. The highest BCUT2D eigenvalue weighted by Crippen LogP contribution is 2.30. The van der Waals surface area contributed by atoms with Gasteiger partial charge in [-0.1, -0.05) is 12.1 Å². The second-order valence-electron chi connectivity index (χ2n) is 6.74. The van der Waals surface area contributed by atoms with Crippen LogP contribution >= 0.6 is 12.4 Å². The van der Waals surface area contributed by atoms with Gasteiger partial charge in [0.1, 0.15) is 0 Å². The highest BCUT2D eigenvalue weighted by molar-refractivity contribution is 6.05. The second kappa shape index (κ2) is 9.28. The third kappa shape index (κ3) is 5.71. The van der Waals surface area contributed by atoms with Gasteiger partial charge in [0.05, 0.1) is 11.5 Å². The number of benzene rings is 2. The summed E-state index contributed by atoms with van der Waals surface area (Å²) in [6.07, 6.45) is -3.74. The fraction of sp³-hybridized carbons (Fsp3) is 0.300. The molecule has 9 heteroatoms. The first-order valence-corrected chi connectivity index (χ1v) is 8.85. The Morgan fingerprint density at radius 3 is 2.52 bits per heavy atom. The molecular weight excluding hydrogens is 407 g/mol. The summed E-state index contributed by atoms with van der Waals surface area (Å²) in [5.41, 5.74) is 0.738. The molecule has 0 aromatic heterocycles. The highest BCUT2D eigenvalue weighted by Gasteiger charge is 2.30. The molecule has 1 unspecified atom stereocenters. The number of hydrogen-bond donors (Lipinski definition) is 3. The van der Waals surface area contributed by atoms with E-state index in [0.29, 0.717) is 12.2 Å². The first-order chi connectivity index (χ1) is 13.2. The Morgan fingerprint density at radius 2 is 1.86 bits per heavy atom. The van der Waals surface area contributed by atoms with Crippen LogP contribution in [-0.4, -0.2) is 24.9 Å². The predicted molar refractivity (Wildman–Crippen MR) is 107 cm³/mol. The van der Waals surface area contributed by atoms with E-state index in [0.717, 1.165) is 30.7 Å². The van der Waals surface area contributed by atoms with Crippen molar-refractivity contribution < 1.29 is 22.8 Å². The molecule has 0 spiro atoms. The average Bonchev–Trinajstić information content (AvgIpc) is 3.18. The van der Waals surface area contributed by atoms with Crippen LogP contribution in [0.4, 0.5) is 24.5 Å². The first kappa shape index (κ1) is 22.7. The molecule has 0 radical (unpaired) electrons. The maximum atomic E-state index is 12.8. The van der Waals surface area contributed by atoms with Crippen molar-refractivity contribution in [3.8, 4) is 0 Å². The topological polar surface area (TPSA) is 70.2 Å². The van der Waals surface area contributed by atoms with E-state index in [4.69, 9.17) is 0 Å². The molecule has 0 saturated carbocycles. The molecule has 3 rings (SSSR count). The number of aryl methyl sites for hydroxylation is 1. The van der Waals surface area contributed by atoms with Gasteiger partial charge in [-0.15, -0.1) is 12.4 Å². The van der Waals surface area contributed by atoms with Crippen molar-refractivity contribution in [2.24, 2.45) is 5.92 Å². The molecule has 2 amide bonds. The van der Waals surface area contributed by atoms with E-state index in [1.807, 2.05) is 0 Å². The number of nitrogens with one attached hydrogen (secondary N) is 3. The van der Waals surface area contributed by atoms with E-state index in [2.05, 4.69) is 16.0 Å². The fourth-order valence-corrected chi connectivity index (χ4v) is 2.99. The largest absolute Gasteiger partial charge is 0.416 e. The molecule has 3 N–H and O–H groups in total. The second-order valence-corrected chi connectivity index (χ2v) is 6.74. The summed E-state index contributed by atoms with van der Waals surface area (Å²) in [7, 11) is 0. The molecule has 1 aliphatic rings. The number of carbonyl (C=O) groups excluding carboxylic acids is 2. The van der Waals surface area contributed by atoms with E-state index in [1.165, 1.54) is 18.2 Å². The predicted octanol–water partition coefficient (Wildman–Crippen LogP) is 4.24. The number of alkyl halides is 3. The number of anilines is 2. The number of hydrogen-bond acceptors (Lipinski definition) is 3. The zero-order valence-electron chi connectivity index (χ0n) is 15.6. The number of carbonyl (C=O) groups is 2. The lowest BCUT2D eigenvalue weighted by Crippen LogP contribution is -2.25. The van der Waals surface area contributed by atoms with E-state index in [9.17, 15) is 22.8 Å². The van der Waals surface area contributed by atoms with Gasteiger partial charge in [-0.3, -0.25) is 9.59 Å². The van der Waals surface area contributed by atoms with Crippen LogP contribution in [0.2, 0.25) is 0 Å². The minimum atomic E-state index is -4.49. The Kier molecular flexibility index (Phi) is 7.26. The van der Waals surface area contributed by atoms with Gasteiger partial charge in [-0.2, -0.15) is 13.2 Å². The van der Waals surface area contributed by atoms with Crippen LogP contribution in [0.3, 0.4) is 0 Å². The van der Waals surface area contributed by atoms with Crippen LogP contribution < -0.4 is 16.0 Å². The minimum Gasteiger partial charge on any atom is -0.326 e. The van der Waals surface area contributed by atoms with Crippen molar-refractivity contribution in [1.82, 2.24) is 5.32 Å². The van der Waals surface area contributed by atoms with Crippen LogP contribution in [0.1, 0.15) is 27.9 Å². The zero-order valence-corrected chi connectivity index (χ0v) is 16.4. The summed E-state index contributed by atoms with van der Waals surface area (Å²) in [6.45, 7) is 3.20. The Bertz CT molecular complexity index is 897. The molecule has 5 nitrogen and oxygen atoms in total. The average molecular weight is 428 g/mol. The fourth-order valence-electron chi connectivity index (χ4n) is 2.99. The van der Waals surface area contributed by atoms with E-state index >= 15 is 0 Å². The lowest BCUT2D eigenvalue weighted by atomic mass is 10.1. The van der Waals surface area contributed by atoms with Crippen molar-refractivity contribution in [3.05, 3.63) is 59.2 Å². The van der Waals surface area contributed by atoms with Gasteiger partial charge in [0.2, 0.25) is 5.91 Å². The van der Waals surface area contributed by atoms with Gasteiger partial charge < -0.3 is 16.0 Å². The normalized spacial score (nSPS) is 16.1. The summed E-state index contributed by atoms with van der Waals surface area (Å²) in [6, 6.07) is 9.20. The van der Waals surface area contributed by atoms with E-state index < -0.39 is 17.6 Å². The monoisotopic (exact) mass is 427 g/mol. The maximum Gasteiger partial charge on any atom is 0.416 e. The molecular formula is C20H21ClF3N3O2. The lowest BCUT2D eigenvalue weighted by molar-refractivity contribution is -0.137. The Hall–Kier alpha value is -2.58. The lowest BCUT2D eigenvalue weighted by Gasteiger charge is -2.14. The zero-order chi connectivity index (χ0) is 20.3. The van der Waals surface area contributed by atoms with Gasteiger partial charge >= 0.3 is 6.18 Å². The summed E-state index contributed by atoms with van der Waals surface area (Å²) in [5, 5.41) is 8.42. The van der Waals surface area contributed by atoms with Crippen LogP contribution in [0, 0.1) is 12.8 Å². The summed E-state index contributed by atoms with van der Waals surface area (Å²) in [4.78, 5) is 24.8. The molecule has 2 aromatic carbocycles. The van der Waals surface area contributed by atoms with Crippen molar-refractivity contribution in [1.29, 1.82) is 0 Å². The number of halogens is 4. The van der Waals surface area contributed by atoms with Crippen LogP contribution in [0.25, 0.3) is 0 Å². The van der Waals surface area contributed by atoms with Crippen molar-refractivity contribution in [2.45, 2.75) is 19.5 Å². The SMILES string of the molecule is Cc1ccc(C(=O)Nc2cccc(C(F)(F)F)c2)cc1NC(=O)C1CCNC1.Cl. The van der Waals surface area contributed by atoms with Gasteiger partial charge in [0.25, 0.3) is 5.91 Å². The summed E-state index contributed by atoms with van der Waals surface area (Å²) < 4.78 is 38.5. The van der Waals surface area contributed by atoms with Crippen LogP contribution in [0.15, 0.2) is 42.5 Å². The standard InChI is InChI=1S/C20H20F3N3O2.ClH/c1-12-5-6-13(9-17(12)26-19(28)14-7-8-24-11-14)18(27)25-16-4-2-3-15(10-16)20(21,22)23;/h2-6,9-10,14,24H,7-8,11H2,1H3,(H,25,27)(H,26,28);1H. The summed E-state index contributed by atoms with van der Waals surface area (Å²) >= 11 is 0. The number of rotatable bonds is 4. The molecule has 1 atom stereocenters. The van der Waals surface area contributed by atoms with E-state index in [-0.39, 0.29) is 35.5 Å². The molecule has 0 bridgehead atoms. The smallest absolute Gasteiger partial charge is 0.326 e. The molecule has 1 heterocycles. The molecule has 29 heavy (non-hydrogen) atoms.